The van der Waals surface area contributed by atoms with Crippen molar-refractivity contribution in [3.05, 3.63) is 64.4 Å². The number of rotatable bonds is 5. The molecule has 0 saturated carbocycles. The minimum absolute atomic E-state index is 0.0106. The summed E-state index contributed by atoms with van der Waals surface area (Å²) >= 11 is 1.36. The molecule has 0 radical (unpaired) electrons. The topological polar surface area (TPSA) is 64.4 Å². The highest BCUT2D eigenvalue weighted by molar-refractivity contribution is 8.00. The average molecular weight is 436 g/mol. The van der Waals surface area contributed by atoms with E-state index in [1.807, 2.05) is 48.2 Å². The quantitative estimate of drug-likeness (QED) is 0.452. The Kier molecular flexibility index (Phi) is 5.54. The predicted octanol–water partition coefficient (Wildman–Crippen LogP) is 3.65. The van der Waals surface area contributed by atoms with Crippen LogP contribution in [0.3, 0.4) is 0 Å². The number of hydrogen-bond acceptors (Lipinski definition) is 5. The Morgan fingerprint density at radius 2 is 2.03 bits per heavy atom. The van der Waals surface area contributed by atoms with E-state index in [1.165, 1.54) is 17.3 Å². The first-order chi connectivity index (χ1) is 15.1. The molecule has 6 nitrogen and oxygen atoms in total. The van der Waals surface area contributed by atoms with E-state index in [0.717, 1.165) is 31.6 Å². The van der Waals surface area contributed by atoms with Gasteiger partial charge in [-0.2, -0.15) is 0 Å². The number of para-hydroxylation sites is 2. The molecule has 7 heteroatoms. The number of carbonyl (C=O) groups is 1. The van der Waals surface area contributed by atoms with Crippen molar-refractivity contribution in [2.24, 2.45) is 0 Å². The van der Waals surface area contributed by atoms with Gasteiger partial charge in [0.2, 0.25) is 5.91 Å². The van der Waals surface area contributed by atoms with Crippen LogP contribution in [-0.2, 0) is 22.5 Å². The van der Waals surface area contributed by atoms with E-state index in [9.17, 15) is 9.59 Å². The van der Waals surface area contributed by atoms with Gasteiger partial charge in [0.1, 0.15) is 0 Å². The Labute approximate surface area is 185 Å². The molecule has 1 aromatic heterocycles. The summed E-state index contributed by atoms with van der Waals surface area (Å²) in [6.07, 6.45) is 2.82. The SMILES string of the molecule is C[C@@H](Sc1nc2ccccc2c(=O)n1C[C@@H]1CCCO1)C(=O)N1CCc2ccccc21. The van der Waals surface area contributed by atoms with Crippen molar-refractivity contribution < 1.29 is 9.53 Å². The van der Waals surface area contributed by atoms with Gasteiger partial charge in [-0.1, -0.05) is 42.1 Å². The van der Waals surface area contributed by atoms with Gasteiger partial charge in [-0.3, -0.25) is 14.2 Å². The molecule has 1 amide bonds. The van der Waals surface area contributed by atoms with E-state index < -0.39 is 0 Å². The second kappa shape index (κ2) is 8.48. The number of anilines is 1. The molecule has 3 aromatic rings. The van der Waals surface area contributed by atoms with Crippen LogP contribution < -0.4 is 10.5 Å². The fourth-order valence-electron chi connectivity index (χ4n) is 4.39. The minimum atomic E-state index is -0.366. The van der Waals surface area contributed by atoms with Crippen LogP contribution in [0.4, 0.5) is 5.69 Å². The molecule has 2 aromatic carbocycles. The lowest BCUT2D eigenvalue weighted by atomic mass is 10.2. The number of carbonyl (C=O) groups excluding carboxylic acids is 1. The van der Waals surface area contributed by atoms with Crippen LogP contribution in [0.25, 0.3) is 10.9 Å². The summed E-state index contributed by atoms with van der Waals surface area (Å²) in [7, 11) is 0. The lowest BCUT2D eigenvalue weighted by molar-refractivity contribution is -0.117. The number of fused-ring (bicyclic) bond motifs is 2. The second-order valence-electron chi connectivity index (χ2n) is 8.09. The average Bonchev–Trinajstić information content (AvgIpc) is 3.46. The first-order valence-corrected chi connectivity index (χ1v) is 11.7. The molecule has 1 fully saturated rings. The van der Waals surface area contributed by atoms with Gasteiger partial charge in [0.15, 0.2) is 5.16 Å². The number of amides is 1. The fourth-order valence-corrected chi connectivity index (χ4v) is 5.37. The maximum atomic E-state index is 13.3. The third-order valence-electron chi connectivity index (χ3n) is 6.02. The largest absolute Gasteiger partial charge is 0.376 e. The number of benzene rings is 2. The van der Waals surface area contributed by atoms with Crippen LogP contribution in [-0.4, -0.2) is 40.0 Å². The summed E-state index contributed by atoms with van der Waals surface area (Å²) in [5, 5.41) is 0.805. The van der Waals surface area contributed by atoms with Crippen molar-refractivity contribution in [1.82, 2.24) is 9.55 Å². The number of thioether (sulfide) groups is 1. The van der Waals surface area contributed by atoms with E-state index in [2.05, 4.69) is 6.07 Å². The van der Waals surface area contributed by atoms with Crippen molar-refractivity contribution >= 4 is 34.3 Å². The van der Waals surface area contributed by atoms with E-state index >= 15 is 0 Å². The zero-order valence-electron chi connectivity index (χ0n) is 17.5. The highest BCUT2D eigenvalue weighted by atomic mass is 32.2. The molecule has 0 unspecified atom stereocenters. The second-order valence-corrected chi connectivity index (χ2v) is 9.40. The molecule has 2 aliphatic rings. The van der Waals surface area contributed by atoms with Gasteiger partial charge in [0, 0.05) is 18.8 Å². The highest BCUT2D eigenvalue weighted by Gasteiger charge is 2.30. The smallest absolute Gasteiger partial charge is 0.262 e. The molecule has 3 heterocycles. The van der Waals surface area contributed by atoms with Gasteiger partial charge in [-0.15, -0.1) is 0 Å². The Balaban J connectivity index is 1.46. The lowest BCUT2D eigenvalue weighted by Crippen LogP contribution is -2.36. The Morgan fingerprint density at radius 3 is 2.87 bits per heavy atom. The van der Waals surface area contributed by atoms with Gasteiger partial charge in [0.05, 0.1) is 28.8 Å². The normalized spacial score (nSPS) is 19.0. The number of ether oxygens (including phenoxy) is 1. The lowest BCUT2D eigenvalue weighted by Gasteiger charge is -2.22. The summed E-state index contributed by atoms with van der Waals surface area (Å²) < 4.78 is 7.48. The zero-order chi connectivity index (χ0) is 21.4. The van der Waals surface area contributed by atoms with Crippen molar-refractivity contribution in [3.63, 3.8) is 0 Å². The van der Waals surface area contributed by atoms with Gasteiger partial charge in [-0.25, -0.2) is 4.98 Å². The molecule has 0 aliphatic carbocycles. The maximum absolute atomic E-state index is 13.3. The molecule has 0 spiro atoms. The molecule has 2 aliphatic heterocycles. The van der Waals surface area contributed by atoms with Crippen molar-refractivity contribution in [2.45, 2.75) is 49.2 Å². The number of hydrogen-bond donors (Lipinski definition) is 0. The zero-order valence-corrected chi connectivity index (χ0v) is 18.3. The Morgan fingerprint density at radius 1 is 1.23 bits per heavy atom. The molecular formula is C24H25N3O3S. The predicted molar refractivity (Wildman–Crippen MR) is 123 cm³/mol. The van der Waals surface area contributed by atoms with Crippen LogP contribution in [0.5, 0.6) is 0 Å². The third-order valence-corrected chi connectivity index (χ3v) is 7.10. The van der Waals surface area contributed by atoms with E-state index in [-0.39, 0.29) is 22.8 Å². The van der Waals surface area contributed by atoms with Crippen molar-refractivity contribution in [2.75, 3.05) is 18.1 Å². The van der Waals surface area contributed by atoms with Crippen molar-refractivity contribution in [1.29, 1.82) is 0 Å². The summed E-state index contributed by atoms with van der Waals surface area (Å²) in [6.45, 7) is 3.78. The maximum Gasteiger partial charge on any atom is 0.262 e. The first-order valence-electron chi connectivity index (χ1n) is 10.8. The molecule has 5 rings (SSSR count). The number of aromatic nitrogens is 2. The third kappa shape index (κ3) is 3.88. The standard InChI is InChI=1S/C24H25N3O3S/c1-16(22(28)26-13-12-17-7-2-5-11-21(17)26)31-24-25-20-10-4-3-9-19(20)23(29)27(24)15-18-8-6-14-30-18/h2-5,7,9-11,16,18H,6,8,12-15H2,1H3/t16-,18+/m1/s1. The van der Waals surface area contributed by atoms with E-state index in [0.29, 0.717) is 29.1 Å². The van der Waals surface area contributed by atoms with Crippen LogP contribution in [0, 0.1) is 0 Å². The summed E-state index contributed by atoms with van der Waals surface area (Å²) in [5.41, 5.74) is 2.77. The Bertz CT molecular complexity index is 1190. The fraction of sp³-hybridized carbons (Fsp3) is 0.375. The van der Waals surface area contributed by atoms with Crippen LogP contribution in [0.15, 0.2) is 58.5 Å². The van der Waals surface area contributed by atoms with Crippen LogP contribution >= 0.6 is 11.8 Å². The van der Waals surface area contributed by atoms with Crippen molar-refractivity contribution in [3.8, 4) is 0 Å². The van der Waals surface area contributed by atoms with Gasteiger partial charge in [0.25, 0.3) is 5.56 Å². The van der Waals surface area contributed by atoms with Gasteiger partial charge in [-0.05, 0) is 49.9 Å². The summed E-state index contributed by atoms with van der Waals surface area (Å²) in [6, 6.07) is 15.4. The molecular weight excluding hydrogens is 410 g/mol. The molecule has 31 heavy (non-hydrogen) atoms. The summed E-state index contributed by atoms with van der Waals surface area (Å²) in [4.78, 5) is 33.2. The van der Waals surface area contributed by atoms with Crippen LogP contribution in [0.2, 0.25) is 0 Å². The summed E-state index contributed by atoms with van der Waals surface area (Å²) in [5.74, 6) is 0.0426. The van der Waals surface area contributed by atoms with Crippen LogP contribution in [0.1, 0.15) is 25.3 Å². The van der Waals surface area contributed by atoms with E-state index in [1.54, 1.807) is 10.6 Å². The first kappa shape index (κ1) is 20.3. The molecule has 2 atom stereocenters. The molecule has 0 N–H and O–H groups in total. The molecule has 1 saturated heterocycles. The monoisotopic (exact) mass is 435 g/mol. The number of nitrogens with zero attached hydrogens (tertiary/aromatic N) is 3. The van der Waals surface area contributed by atoms with Gasteiger partial charge < -0.3 is 9.64 Å². The molecule has 160 valence electrons. The van der Waals surface area contributed by atoms with E-state index in [4.69, 9.17) is 9.72 Å². The molecule has 0 bridgehead atoms. The minimum Gasteiger partial charge on any atom is -0.376 e. The highest BCUT2D eigenvalue weighted by Crippen LogP contribution is 2.31. The van der Waals surface area contributed by atoms with Gasteiger partial charge >= 0.3 is 0 Å². The Hall–Kier alpha value is -2.64.